The van der Waals surface area contributed by atoms with E-state index in [1.807, 2.05) is 0 Å². The quantitative estimate of drug-likeness (QED) is 0.669. The molecule has 20 heavy (non-hydrogen) atoms. The molecule has 3 N–H and O–H groups in total. The van der Waals surface area contributed by atoms with E-state index in [-0.39, 0.29) is 18.1 Å². The van der Waals surface area contributed by atoms with Gasteiger partial charge in [0.1, 0.15) is 5.54 Å². The Kier molecular flexibility index (Phi) is 5.81. The summed E-state index contributed by atoms with van der Waals surface area (Å²) in [6.07, 6.45) is 7.47. The molecule has 1 saturated carbocycles. The van der Waals surface area contributed by atoms with Gasteiger partial charge in [-0.25, -0.2) is 0 Å². The van der Waals surface area contributed by atoms with Crippen LogP contribution in [0, 0.1) is 0 Å². The van der Waals surface area contributed by atoms with Crippen molar-refractivity contribution < 1.29 is 15.0 Å². The first-order chi connectivity index (χ1) is 9.69. The van der Waals surface area contributed by atoms with Crippen LogP contribution in [-0.4, -0.2) is 58.9 Å². The first-order valence-corrected chi connectivity index (χ1v) is 8.01. The fraction of sp³-hybridized carbons (Fsp3) is 0.933. The highest BCUT2D eigenvalue weighted by molar-refractivity contribution is 5.86. The van der Waals surface area contributed by atoms with Crippen molar-refractivity contribution in [2.75, 3.05) is 26.2 Å². The largest absolute Gasteiger partial charge is 0.394 e. The van der Waals surface area contributed by atoms with Gasteiger partial charge in [0.25, 0.3) is 0 Å². The van der Waals surface area contributed by atoms with Gasteiger partial charge in [-0.15, -0.1) is 0 Å². The molecule has 5 heteroatoms. The Balaban J connectivity index is 1.93. The predicted molar refractivity (Wildman–Crippen MR) is 77.3 cm³/mol. The van der Waals surface area contributed by atoms with Crippen LogP contribution in [0.5, 0.6) is 0 Å². The van der Waals surface area contributed by atoms with Crippen LogP contribution in [0.4, 0.5) is 0 Å². The smallest absolute Gasteiger partial charge is 0.240 e. The standard InChI is InChI=1S/C15H28N2O3/c18-12-13(19)6-9-16-14(20)15(7-2-1-3-8-15)17-10-4-5-11-17/h13,18-19H,1-12H2,(H,16,20)/t13-/m1/s1. The van der Waals surface area contributed by atoms with Crippen molar-refractivity contribution in [3.05, 3.63) is 0 Å². The van der Waals surface area contributed by atoms with Gasteiger partial charge in [-0.1, -0.05) is 19.3 Å². The fourth-order valence-electron chi connectivity index (χ4n) is 3.58. The summed E-state index contributed by atoms with van der Waals surface area (Å²) < 4.78 is 0. The molecule has 0 radical (unpaired) electrons. The van der Waals surface area contributed by atoms with Gasteiger partial charge in [0.05, 0.1) is 12.7 Å². The SMILES string of the molecule is O=C(NCC[C@@H](O)CO)C1(N2CCCC2)CCCCC1. The predicted octanol–water partition coefficient (Wildman–Crippen LogP) is 0.645. The Morgan fingerprint density at radius 1 is 1.15 bits per heavy atom. The minimum atomic E-state index is -0.732. The van der Waals surface area contributed by atoms with E-state index in [4.69, 9.17) is 5.11 Å². The number of nitrogens with one attached hydrogen (secondary N) is 1. The van der Waals surface area contributed by atoms with Crippen molar-refractivity contribution in [2.24, 2.45) is 0 Å². The number of likely N-dealkylation sites (tertiary alicyclic amines) is 1. The average Bonchev–Trinajstić information content (AvgIpc) is 3.02. The third-order valence-corrected chi connectivity index (χ3v) is 4.79. The fourth-order valence-corrected chi connectivity index (χ4v) is 3.58. The van der Waals surface area contributed by atoms with E-state index in [1.165, 1.54) is 19.3 Å². The van der Waals surface area contributed by atoms with E-state index in [9.17, 15) is 9.90 Å². The van der Waals surface area contributed by atoms with Crippen LogP contribution in [0.25, 0.3) is 0 Å². The second-order valence-electron chi connectivity index (χ2n) is 6.17. The van der Waals surface area contributed by atoms with Gasteiger partial charge < -0.3 is 15.5 Å². The van der Waals surface area contributed by atoms with Gasteiger partial charge in [0.15, 0.2) is 0 Å². The second-order valence-corrected chi connectivity index (χ2v) is 6.17. The van der Waals surface area contributed by atoms with E-state index in [0.717, 1.165) is 38.8 Å². The van der Waals surface area contributed by atoms with Gasteiger partial charge >= 0.3 is 0 Å². The number of rotatable bonds is 6. The molecule has 0 unspecified atom stereocenters. The van der Waals surface area contributed by atoms with Crippen LogP contribution in [0.15, 0.2) is 0 Å². The lowest BCUT2D eigenvalue weighted by molar-refractivity contribution is -0.135. The number of nitrogens with zero attached hydrogens (tertiary/aromatic N) is 1. The Morgan fingerprint density at radius 3 is 2.40 bits per heavy atom. The molecule has 0 aromatic rings. The molecule has 0 spiro atoms. The Labute approximate surface area is 121 Å². The third-order valence-electron chi connectivity index (χ3n) is 4.79. The van der Waals surface area contributed by atoms with E-state index in [2.05, 4.69) is 10.2 Å². The van der Waals surface area contributed by atoms with Crippen molar-refractivity contribution in [1.82, 2.24) is 10.2 Å². The monoisotopic (exact) mass is 284 g/mol. The number of hydrogen-bond donors (Lipinski definition) is 3. The second kappa shape index (κ2) is 7.38. The maximum absolute atomic E-state index is 12.7. The molecule has 2 aliphatic rings. The molecule has 2 fully saturated rings. The van der Waals surface area contributed by atoms with Crippen LogP contribution in [-0.2, 0) is 4.79 Å². The molecule has 116 valence electrons. The van der Waals surface area contributed by atoms with E-state index in [0.29, 0.717) is 13.0 Å². The average molecular weight is 284 g/mol. The molecule has 1 aliphatic carbocycles. The molecule has 2 rings (SSSR count). The Bertz CT molecular complexity index is 310. The van der Waals surface area contributed by atoms with Crippen molar-refractivity contribution >= 4 is 5.91 Å². The number of carbonyl (C=O) groups excluding carboxylic acids is 1. The summed E-state index contributed by atoms with van der Waals surface area (Å²) in [6, 6.07) is 0. The Morgan fingerprint density at radius 2 is 1.80 bits per heavy atom. The number of aliphatic hydroxyl groups excluding tert-OH is 2. The summed E-state index contributed by atoms with van der Waals surface area (Å²) in [5.74, 6) is 0.129. The minimum Gasteiger partial charge on any atom is -0.394 e. The zero-order valence-corrected chi connectivity index (χ0v) is 12.3. The molecule has 0 aromatic heterocycles. The maximum atomic E-state index is 12.7. The summed E-state index contributed by atoms with van der Waals surface area (Å²) in [4.78, 5) is 15.1. The van der Waals surface area contributed by atoms with Crippen LogP contribution in [0.2, 0.25) is 0 Å². The Hall–Kier alpha value is -0.650. The number of carbonyl (C=O) groups is 1. The molecule has 1 saturated heterocycles. The highest BCUT2D eigenvalue weighted by Crippen LogP contribution is 2.36. The minimum absolute atomic E-state index is 0.129. The summed E-state index contributed by atoms with van der Waals surface area (Å²) in [5, 5.41) is 21.1. The van der Waals surface area contributed by atoms with Gasteiger partial charge in [0.2, 0.25) is 5.91 Å². The highest BCUT2D eigenvalue weighted by atomic mass is 16.3. The molecule has 1 amide bonds. The van der Waals surface area contributed by atoms with Gasteiger partial charge in [0, 0.05) is 6.54 Å². The zero-order valence-electron chi connectivity index (χ0n) is 12.3. The van der Waals surface area contributed by atoms with Crippen molar-refractivity contribution in [1.29, 1.82) is 0 Å². The normalized spacial score (nSPS) is 24.5. The van der Waals surface area contributed by atoms with E-state index >= 15 is 0 Å². The lowest BCUT2D eigenvalue weighted by atomic mass is 9.79. The van der Waals surface area contributed by atoms with Crippen LogP contribution in [0.1, 0.15) is 51.4 Å². The van der Waals surface area contributed by atoms with E-state index in [1.54, 1.807) is 0 Å². The zero-order chi connectivity index (χ0) is 14.4. The molecule has 1 atom stereocenters. The maximum Gasteiger partial charge on any atom is 0.240 e. The number of amides is 1. The van der Waals surface area contributed by atoms with Gasteiger partial charge in [-0.05, 0) is 45.2 Å². The van der Waals surface area contributed by atoms with Crippen LogP contribution < -0.4 is 5.32 Å². The summed E-state index contributed by atoms with van der Waals surface area (Å²) in [7, 11) is 0. The lowest BCUT2D eigenvalue weighted by Crippen LogP contribution is -2.59. The van der Waals surface area contributed by atoms with Crippen molar-refractivity contribution in [3.8, 4) is 0 Å². The summed E-state index contributed by atoms with van der Waals surface area (Å²) in [5.41, 5.74) is -0.307. The summed E-state index contributed by atoms with van der Waals surface area (Å²) >= 11 is 0. The molecule has 0 aromatic carbocycles. The first kappa shape index (κ1) is 15.7. The van der Waals surface area contributed by atoms with Crippen molar-refractivity contribution in [3.63, 3.8) is 0 Å². The molecule has 1 heterocycles. The van der Waals surface area contributed by atoms with Crippen LogP contribution >= 0.6 is 0 Å². The molecule has 0 bridgehead atoms. The molecule has 1 aliphatic heterocycles. The van der Waals surface area contributed by atoms with Crippen LogP contribution in [0.3, 0.4) is 0 Å². The first-order valence-electron chi connectivity index (χ1n) is 8.01. The topological polar surface area (TPSA) is 72.8 Å². The number of hydrogen-bond acceptors (Lipinski definition) is 4. The van der Waals surface area contributed by atoms with Crippen molar-refractivity contribution in [2.45, 2.75) is 63.0 Å². The molecule has 5 nitrogen and oxygen atoms in total. The molecular formula is C15H28N2O3. The lowest BCUT2D eigenvalue weighted by Gasteiger charge is -2.43. The third kappa shape index (κ3) is 3.51. The number of aliphatic hydroxyl groups is 2. The van der Waals surface area contributed by atoms with Gasteiger partial charge in [-0.2, -0.15) is 0 Å². The molecular weight excluding hydrogens is 256 g/mol. The van der Waals surface area contributed by atoms with E-state index < -0.39 is 6.10 Å². The van der Waals surface area contributed by atoms with Gasteiger partial charge in [-0.3, -0.25) is 9.69 Å². The summed E-state index contributed by atoms with van der Waals surface area (Å²) in [6.45, 7) is 2.27. The highest BCUT2D eigenvalue weighted by Gasteiger charge is 2.45.